The van der Waals surface area contributed by atoms with Gasteiger partial charge in [0, 0.05) is 19.0 Å². The van der Waals surface area contributed by atoms with Crippen LogP contribution in [0, 0.1) is 0 Å². The molecular formula is C15H19F3N2O2. The van der Waals surface area contributed by atoms with Gasteiger partial charge in [-0.25, -0.2) is 0 Å². The van der Waals surface area contributed by atoms with Gasteiger partial charge in [-0.15, -0.1) is 13.2 Å². The molecule has 122 valence electrons. The van der Waals surface area contributed by atoms with Crippen molar-refractivity contribution in [2.45, 2.75) is 38.1 Å². The van der Waals surface area contributed by atoms with Gasteiger partial charge < -0.3 is 15.4 Å². The number of hydrogen-bond acceptors (Lipinski definition) is 3. The molecule has 1 aliphatic heterocycles. The number of piperidine rings is 1. The molecule has 2 rings (SSSR count). The molecule has 1 aliphatic rings. The molecule has 7 heteroatoms. The largest absolute Gasteiger partial charge is 0.573 e. The Morgan fingerprint density at radius 3 is 2.82 bits per heavy atom. The van der Waals surface area contributed by atoms with Crippen molar-refractivity contribution in [3.05, 3.63) is 29.8 Å². The number of rotatable bonds is 5. The van der Waals surface area contributed by atoms with E-state index >= 15 is 0 Å². The van der Waals surface area contributed by atoms with Crippen LogP contribution in [0.1, 0.15) is 24.8 Å². The van der Waals surface area contributed by atoms with Crippen LogP contribution in [-0.2, 0) is 11.2 Å². The van der Waals surface area contributed by atoms with Crippen LogP contribution in [-0.4, -0.2) is 31.4 Å². The van der Waals surface area contributed by atoms with E-state index in [1.165, 1.54) is 18.2 Å². The lowest BCUT2D eigenvalue weighted by Gasteiger charge is -2.23. The molecule has 0 unspecified atom stereocenters. The molecule has 22 heavy (non-hydrogen) atoms. The van der Waals surface area contributed by atoms with Crippen LogP contribution in [0.4, 0.5) is 13.2 Å². The predicted molar refractivity (Wildman–Crippen MR) is 75.5 cm³/mol. The first-order valence-electron chi connectivity index (χ1n) is 7.28. The Morgan fingerprint density at radius 1 is 1.36 bits per heavy atom. The van der Waals surface area contributed by atoms with Crippen molar-refractivity contribution in [1.29, 1.82) is 0 Å². The second kappa shape index (κ2) is 7.49. The first-order chi connectivity index (χ1) is 10.4. The number of benzene rings is 1. The molecule has 1 saturated heterocycles. The Labute approximate surface area is 127 Å². The van der Waals surface area contributed by atoms with Crippen LogP contribution >= 0.6 is 0 Å². The summed E-state index contributed by atoms with van der Waals surface area (Å²) in [6.07, 6.45) is -2.46. The quantitative estimate of drug-likeness (QED) is 0.877. The summed E-state index contributed by atoms with van der Waals surface area (Å²) in [6, 6.07) is 5.99. The molecule has 0 aliphatic carbocycles. The van der Waals surface area contributed by atoms with Crippen molar-refractivity contribution in [2.75, 3.05) is 13.1 Å². The highest BCUT2D eigenvalue weighted by atomic mass is 19.4. The Hall–Kier alpha value is -1.76. The molecule has 0 radical (unpaired) electrons. The lowest BCUT2D eigenvalue weighted by Crippen LogP contribution is -2.45. The molecule has 1 atom stereocenters. The average Bonchev–Trinajstić information content (AvgIpc) is 2.46. The van der Waals surface area contributed by atoms with Crippen molar-refractivity contribution >= 4 is 5.91 Å². The zero-order valence-electron chi connectivity index (χ0n) is 12.1. The van der Waals surface area contributed by atoms with Gasteiger partial charge in [0.15, 0.2) is 0 Å². The summed E-state index contributed by atoms with van der Waals surface area (Å²) < 4.78 is 40.9. The second-order valence-corrected chi connectivity index (χ2v) is 5.27. The third-order valence-electron chi connectivity index (χ3n) is 3.48. The van der Waals surface area contributed by atoms with Crippen LogP contribution in [0.2, 0.25) is 0 Å². The zero-order valence-corrected chi connectivity index (χ0v) is 12.1. The van der Waals surface area contributed by atoms with Gasteiger partial charge in [-0.2, -0.15) is 0 Å². The minimum atomic E-state index is -4.73. The summed E-state index contributed by atoms with van der Waals surface area (Å²) in [5.74, 6) is -0.405. The number of hydrogen-bond donors (Lipinski definition) is 2. The Kier molecular flexibility index (Phi) is 5.65. The third-order valence-corrected chi connectivity index (χ3v) is 3.48. The number of carbonyl (C=O) groups excluding carboxylic acids is 1. The SMILES string of the molecule is O=C(CCc1ccccc1OC(F)(F)F)N[C@H]1CCCNC1. The van der Waals surface area contributed by atoms with E-state index in [-0.39, 0.29) is 30.5 Å². The number of alkyl halides is 3. The molecule has 0 saturated carbocycles. The van der Waals surface area contributed by atoms with E-state index in [0.29, 0.717) is 5.56 Å². The van der Waals surface area contributed by atoms with Crippen LogP contribution in [0.15, 0.2) is 24.3 Å². The summed E-state index contributed by atoms with van der Waals surface area (Å²) in [7, 11) is 0. The maximum Gasteiger partial charge on any atom is 0.573 e. The molecule has 0 bridgehead atoms. The van der Waals surface area contributed by atoms with E-state index in [1.807, 2.05) is 0 Å². The van der Waals surface area contributed by atoms with E-state index < -0.39 is 6.36 Å². The normalized spacial score (nSPS) is 18.8. The van der Waals surface area contributed by atoms with Gasteiger partial charge in [-0.05, 0) is 37.4 Å². The highest BCUT2D eigenvalue weighted by Gasteiger charge is 2.32. The number of halogens is 3. The molecule has 1 aromatic carbocycles. The predicted octanol–water partition coefficient (Wildman–Crippen LogP) is 2.39. The molecule has 0 aromatic heterocycles. The summed E-state index contributed by atoms with van der Waals surface area (Å²) in [5, 5.41) is 6.08. The highest BCUT2D eigenvalue weighted by Crippen LogP contribution is 2.26. The fourth-order valence-electron chi connectivity index (χ4n) is 2.46. The van der Waals surface area contributed by atoms with E-state index in [2.05, 4.69) is 15.4 Å². The maximum absolute atomic E-state index is 12.3. The van der Waals surface area contributed by atoms with Crippen LogP contribution in [0.25, 0.3) is 0 Å². The monoisotopic (exact) mass is 316 g/mol. The zero-order chi connectivity index (χ0) is 16.0. The molecule has 1 aromatic rings. The molecule has 1 fully saturated rings. The highest BCUT2D eigenvalue weighted by molar-refractivity contribution is 5.76. The van der Waals surface area contributed by atoms with Crippen molar-refractivity contribution in [3.8, 4) is 5.75 Å². The van der Waals surface area contributed by atoms with Gasteiger partial charge in [0.2, 0.25) is 5.91 Å². The Morgan fingerprint density at radius 2 is 2.14 bits per heavy atom. The van der Waals surface area contributed by atoms with Crippen LogP contribution < -0.4 is 15.4 Å². The third kappa shape index (κ3) is 5.55. The summed E-state index contributed by atoms with van der Waals surface area (Å²) in [5.41, 5.74) is 0.372. The number of aryl methyl sites for hydroxylation is 1. The fourth-order valence-corrected chi connectivity index (χ4v) is 2.46. The van der Waals surface area contributed by atoms with Crippen molar-refractivity contribution in [2.24, 2.45) is 0 Å². The average molecular weight is 316 g/mol. The van der Waals surface area contributed by atoms with Gasteiger partial charge in [-0.3, -0.25) is 4.79 Å². The minimum absolute atomic E-state index is 0.0999. The van der Waals surface area contributed by atoms with Crippen LogP contribution in [0.3, 0.4) is 0 Å². The summed E-state index contributed by atoms with van der Waals surface area (Å²) in [6.45, 7) is 1.69. The molecule has 0 spiro atoms. The van der Waals surface area contributed by atoms with E-state index in [1.54, 1.807) is 6.07 Å². The fraction of sp³-hybridized carbons (Fsp3) is 0.533. The standard InChI is InChI=1S/C15H19F3N2O2/c16-15(17,18)22-13-6-2-1-4-11(13)7-8-14(21)20-12-5-3-9-19-10-12/h1-2,4,6,12,19H,3,5,7-10H2,(H,20,21)/t12-/m0/s1. The lowest BCUT2D eigenvalue weighted by atomic mass is 10.1. The number of ether oxygens (including phenoxy) is 1. The maximum atomic E-state index is 12.3. The lowest BCUT2D eigenvalue weighted by molar-refractivity contribution is -0.274. The molecule has 2 N–H and O–H groups in total. The first kappa shape index (κ1) is 16.6. The van der Waals surface area contributed by atoms with Crippen molar-refractivity contribution in [3.63, 3.8) is 0 Å². The van der Waals surface area contributed by atoms with Gasteiger partial charge in [0.25, 0.3) is 0 Å². The number of para-hydroxylation sites is 1. The van der Waals surface area contributed by atoms with Crippen LogP contribution in [0.5, 0.6) is 5.75 Å². The van der Waals surface area contributed by atoms with Crippen molar-refractivity contribution < 1.29 is 22.7 Å². The topological polar surface area (TPSA) is 50.4 Å². The Bertz CT molecular complexity index is 500. The van der Waals surface area contributed by atoms with E-state index in [0.717, 1.165) is 25.9 Å². The number of nitrogens with one attached hydrogen (secondary N) is 2. The summed E-state index contributed by atoms with van der Waals surface area (Å²) >= 11 is 0. The molecule has 1 amide bonds. The van der Waals surface area contributed by atoms with Gasteiger partial charge in [0.1, 0.15) is 5.75 Å². The molecular weight excluding hydrogens is 297 g/mol. The van der Waals surface area contributed by atoms with Gasteiger partial charge in [0.05, 0.1) is 0 Å². The van der Waals surface area contributed by atoms with Gasteiger partial charge in [-0.1, -0.05) is 18.2 Å². The molecule has 4 nitrogen and oxygen atoms in total. The number of amides is 1. The second-order valence-electron chi connectivity index (χ2n) is 5.27. The first-order valence-corrected chi connectivity index (χ1v) is 7.28. The van der Waals surface area contributed by atoms with E-state index in [9.17, 15) is 18.0 Å². The van der Waals surface area contributed by atoms with Crippen molar-refractivity contribution in [1.82, 2.24) is 10.6 Å². The van der Waals surface area contributed by atoms with E-state index in [4.69, 9.17) is 0 Å². The smallest absolute Gasteiger partial charge is 0.406 e. The summed E-state index contributed by atoms with van der Waals surface area (Å²) in [4.78, 5) is 11.9. The minimum Gasteiger partial charge on any atom is -0.406 e. The molecule has 1 heterocycles. The Balaban J connectivity index is 1.86. The van der Waals surface area contributed by atoms with Gasteiger partial charge >= 0.3 is 6.36 Å². The number of carbonyl (C=O) groups is 1.